The first-order valence-electron chi connectivity index (χ1n) is 6.58. The van der Waals surface area contributed by atoms with Crippen LogP contribution in [0, 0.1) is 0 Å². The number of rotatable bonds is 5. The molecule has 0 saturated heterocycles. The molecular formula is C15H18F2N2OS. The molecule has 1 aromatic carbocycles. The zero-order chi connectivity index (χ0) is 15.5. The lowest BCUT2D eigenvalue weighted by molar-refractivity contribution is -0.0498. The fraction of sp³-hybridized carbons (Fsp3) is 0.400. The van der Waals surface area contributed by atoms with Gasteiger partial charge < -0.3 is 10.1 Å². The summed E-state index contributed by atoms with van der Waals surface area (Å²) in [6.45, 7) is 4.13. The van der Waals surface area contributed by atoms with Crippen LogP contribution in [0.5, 0.6) is 5.75 Å². The smallest absolute Gasteiger partial charge is 0.387 e. The summed E-state index contributed by atoms with van der Waals surface area (Å²) in [5, 5.41) is 6.24. The van der Waals surface area contributed by atoms with Gasteiger partial charge in [0.1, 0.15) is 10.8 Å². The van der Waals surface area contributed by atoms with E-state index in [4.69, 9.17) is 0 Å². The predicted octanol–water partition coefficient (Wildman–Crippen LogP) is 4.30. The summed E-state index contributed by atoms with van der Waals surface area (Å²) in [4.78, 5) is 4.52. The average molecular weight is 312 g/mol. The predicted molar refractivity (Wildman–Crippen MR) is 80.8 cm³/mol. The van der Waals surface area contributed by atoms with Crippen molar-refractivity contribution in [2.75, 3.05) is 0 Å². The van der Waals surface area contributed by atoms with Crippen molar-refractivity contribution >= 4 is 11.3 Å². The molecule has 0 saturated carbocycles. The molecule has 0 aliphatic heterocycles. The minimum absolute atomic E-state index is 0.0247. The van der Waals surface area contributed by atoms with E-state index in [-0.39, 0.29) is 11.3 Å². The molecule has 0 radical (unpaired) electrons. The second-order valence-electron chi connectivity index (χ2n) is 5.64. The molecule has 0 unspecified atom stereocenters. The van der Waals surface area contributed by atoms with Crippen LogP contribution in [0.25, 0.3) is 11.3 Å². The number of thiazole rings is 1. The molecule has 0 fully saturated rings. The van der Waals surface area contributed by atoms with Crippen molar-refractivity contribution in [2.45, 2.75) is 39.5 Å². The number of hydrogen-bond acceptors (Lipinski definition) is 4. The van der Waals surface area contributed by atoms with Crippen LogP contribution < -0.4 is 10.1 Å². The lowest BCUT2D eigenvalue weighted by atomic mass is 10.1. The summed E-state index contributed by atoms with van der Waals surface area (Å²) in [6.07, 6.45) is 0. The Labute approximate surface area is 127 Å². The van der Waals surface area contributed by atoms with Gasteiger partial charge in [0.2, 0.25) is 0 Å². The molecule has 2 rings (SSSR count). The number of nitrogens with one attached hydrogen (secondary N) is 1. The fourth-order valence-electron chi connectivity index (χ4n) is 1.70. The van der Waals surface area contributed by atoms with Crippen LogP contribution in [0.15, 0.2) is 29.6 Å². The molecular weight excluding hydrogens is 294 g/mol. The Morgan fingerprint density at radius 1 is 1.33 bits per heavy atom. The second kappa shape index (κ2) is 6.49. The fourth-order valence-corrected chi connectivity index (χ4v) is 2.44. The van der Waals surface area contributed by atoms with Crippen molar-refractivity contribution < 1.29 is 13.5 Å². The number of nitrogens with zero attached hydrogens (tertiary/aromatic N) is 1. The van der Waals surface area contributed by atoms with Crippen molar-refractivity contribution in [3.8, 4) is 17.0 Å². The highest BCUT2D eigenvalue weighted by Crippen LogP contribution is 2.26. The van der Waals surface area contributed by atoms with E-state index in [1.54, 1.807) is 23.5 Å². The molecule has 3 nitrogen and oxygen atoms in total. The first kappa shape index (κ1) is 15.9. The van der Waals surface area contributed by atoms with Gasteiger partial charge in [0, 0.05) is 23.0 Å². The van der Waals surface area contributed by atoms with Gasteiger partial charge in [0.15, 0.2) is 0 Å². The van der Waals surface area contributed by atoms with E-state index in [1.807, 2.05) is 11.4 Å². The van der Waals surface area contributed by atoms with Crippen LogP contribution in [-0.2, 0) is 6.54 Å². The van der Waals surface area contributed by atoms with Gasteiger partial charge in [0.25, 0.3) is 0 Å². The molecule has 0 bridgehead atoms. The lowest BCUT2D eigenvalue weighted by Gasteiger charge is -2.19. The Hall–Kier alpha value is -1.53. The quantitative estimate of drug-likeness (QED) is 0.894. The van der Waals surface area contributed by atoms with Crippen molar-refractivity contribution in [2.24, 2.45) is 0 Å². The van der Waals surface area contributed by atoms with E-state index in [2.05, 4.69) is 35.8 Å². The molecule has 6 heteroatoms. The maximum absolute atomic E-state index is 12.2. The Bertz CT molecular complexity index is 593. The highest BCUT2D eigenvalue weighted by molar-refractivity contribution is 7.09. The molecule has 0 amide bonds. The Morgan fingerprint density at radius 2 is 2.10 bits per heavy atom. The minimum atomic E-state index is -2.82. The molecule has 1 aromatic heterocycles. The highest BCUT2D eigenvalue weighted by atomic mass is 32.1. The lowest BCUT2D eigenvalue weighted by Crippen LogP contribution is -2.34. The van der Waals surface area contributed by atoms with E-state index in [1.165, 1.54) is 6.07 Å². The van der Waals surface area contributed by atoms with Gasteiger partial charge in [-0.2, -0.15) is 8.78 Å². The Balaban J connectivity index is 2.10. The number of ether oxygens (including phenoxy) is 1. The van der Waals surface area contributed by atoms with Crippen LogP contribution >= 0.6 is 11.3 Å². The van der Waals surface area contributed by atoms with Gasteiger partial charge >= 0.3 is 6.61 Å². The molecule has 114 valence electrons. The topological polar surface area (TPSA) is 34.2 Å². The standard InChI is InChI=1S/C15H18F2N2OS/c1-15(2,3)18-8-13-19-12(9-21-13)10-5-4-6-11(7-10)20-14(16)17/h4-7,9,14,18H,8H2,1-3H3. The Kier molecular flexibility index (Phi) is 4.90. The molecule has 21 heavy (non-hydrogen) atoms. The summed E-state index contributed by atoms with van der Waals surface area (Å²) in [7, 11) is 0. The van der Waals surface area contributed by atoms with E-state index in [9.17, 15) is 8.78 Å². The van der Waals surface area contributed by atoms with Gasteiger partial charge in [-0.25, -0.2) is 4.98 Å². The molecule has 1 heterocycles. The van der Waals surface area contributed by atoms with Crippen LogP contribution in [0.4, 0.5) is 8.78 Å². The monoisotopic (exact) mass is 312 g/mol. The third kappa shape index (κ3) is 5.06. The first-order valence-corrected chi connectivity index (χ1v) is 7.46. The van der Waals surface area contributed by atoms with Crippen LogP contribution in [-0.4, -0.2) is 17.1 Å². The second-order valence-corrected chi connectivity index (χ2v) is 6.58. The van der Waals surface area contributed by atoms with Crippen molar-refractivity contribution in [3.05, 3.63) is 34.7 Å². The third-order valence-electron chi connectivity index (χ3n) is 2.68. The Morgan fingerprint density at radius 3 is 2.76 bits per heavy atom. The summed E-state index contributed by atoms with van der Waals surface area (Å²) >= 11 is 1.54. The zero-order valence-corrected chi connectivity index (χ0v) is 13.0. The summed E-state index contributed by atoms with van der Waals surface area (Å²) in [5.74, 6) is 0.143. The minimum Gasteiger partial charge on any atom is -0.435 e. The maximum Gasteiger partial charge on any atom is 0.387 e. The molecule has 0 spiro atoms. The van der Waals surface area contributed by atoms with Gasteiger partial charge in [0.05, 0.1) is 5.69 Å². The van der Waals surface area contributed by atoms with Gasteiger partial charge in [-0.05, 0) is 32.9 Å². The van der Waals surface area contributed by atoms with Crippen LogP contribution in [0.2, 0.25) is 0 Å². The van der Waals surface area contributed by atoms with E-state index < -0.39 is 6.61 Å². The summed E-state index contributed by atoms with van der Waals surface area (Å²) < 4.78 is 28.9. The maximum atomic E-state index is 12.2. The van der Waals surface area contributed by atoms with Gasteiger partial charge in [-0.1, -0.05) is 12.1 Å². The third-order valence-corrected chi connectivity index (χ3v) is 3.53. The molecule has 1 N–H and O–H groups in total. The van der Waals surface area contributed by atoms with E-state index in [0.717, 1.165) is 16.3 Å². The van der Waals surface area contributed by atoms with Crippen molar-refractivity contribution in [3.63, 3.8) is 0 Å². The SMILES string of the molecule is CC(C)(C)NCc1nc(-c2cccc(OC(F)F)c2)cs1. The largest absolute Gasteiger partial charge is 0.435 e. The van der Waals surface area contributed by atoms with E-state index in [0.29, 0.717) is 6.54 Å². The summed E-state index contributed by atoms with van der Waals surface area (Å²) in [5.41, 5.74) is 1.56. The molecule has 0 atom stereocenters. The first-order chi connectivity index (χ1) is 9.83. The van der Waals surface area contributed by atoms with E-state index >= 15 is 0 Å². The van der Waals surface area contributed by atoms with Crippen molar-refractivity contribution in [1.29, 1.82) is 0 Å². The average Bonchev–Trinajstić information content (AvgIpc) is 2.84. The molecule has 0 aliphatic carbocycles. The van der Waals surface area contributed by atoms with Gasteiger partial charge in [-0.15, -0.1) is 11.3 Å². The summed E-state index contributed by atoms with van der Waals surface area (Å²) in [6, 6.07) is 6.58. The highest BCUT2D eigenvalue weighted by Gasteiger charge is 2.11. The number of halogens is 2. The number of alkyl halides is 2. The van der Waals surface area contributed by atoms with Gasteiger partial charge in [-0.3, -0.25) is 0 Å². The zero-order valence-electron chi connectivity index (χ0n) is 12.2. The number of hydrogen-bond donors (Lipinski definition) is 1. The van der Waals surface area contributed by atoms with Crippen molar-refractivity contribution in [1.82, 2.24) is 10.3 Å². The van der Waals surface area contributed by atoms with Crippen LogP contribution in [0.3, 0.4) is 0 Å². The molecule has 2 aromatic rings. The normalized spacial score (nSPS) is 11.9. The number of aromatic nitrogens is 1. The van der Waals surface area contributed by atoms with Crippen LogP contribution in [0.1, 0.15) is 25.8 Å². The number of benzene rings is 1. The molecule has 0 aliphatic rings.